The highest BCUT2D eigenvalue weighted by molar-refractivity contribution is 5.85. The molecule has 0 saturated carbocycles. The van der Waals surface area contributed by atoms with Gasteiger partial charge in [-0.25, -0.2) is 4.68 Å². The lowest BCUT2D eigenvalue weighted by Crippen LogP contribution is -2.40. The number of tetrazole rings is 1. The summed E-state index contributed by atoms with van der Waals surface area (Å²) < 4.78 is 12.6. The maximum atomic E-state index is 13.2. The molecule has 1 aliphatic heterocycles. The highest BCUT2D eigenvalue weighted by Gasteiger charge is 2.33. The van der Waals surface area contributed by atoms with Crippen LogP contribution in [0.4, 0.5) is 0 Å². The summed E-state index contributed by atoms with van der Waals surface area (Å²) in [5.74, 6) is 0.276. The molecule has 0 aliphatic carbocycles. The number of rotatable bonds is 10. The van der Waals surface area contributed by atoms with Crippen molar-refractivity contribution in [3.8, 4) is 0 Å². The average molecular weight is 497 g/mol. The Hall–Kier alpha value is -3.11. The standard InChI is InChI=1S/C26H36N6O4/c1-6-35-22(33)15-32-25(28-29-30-32)24(16(2)3)31(14-20-8-7-11-36-20)13-19-12-21-17(4)9-10-18(5)23(21)27-26(19)34/h9-10,12,16,20,24H,6-8,11,13-15H2,1-5H3,(H,27,34)/t20-,24-/m1/s1. The van der Waals surface area contributed by atoms with Crippen LogP contribution in [-0.2, 0) is 27.4 Å². The quantitative estimate of drug-likeness (QED) is 0.426. The summed E-state index contributed by atoms with van der Waals surface area (Å²) >= 11 is 0. The minimum Gasteiger partial charge on any atom is -0.465 e. The fourth-order valence-electron chi connectivity index (χ4n) is 5.03. The van der Waals surface area contributed by atoms with E-state index in [0.717, 1.165) is 41.5 Å². The van der Waals surface area contributed by atoms with Crippen LogP contribution in [0.25, 0.3) is 10.9 Å². The first-order chi connectivity index (χ1) is 17.3. The van der Waals surface area contributed by atoms with Gasteiger partial charge in [0.05, 0.1) is 24.3 Å². The van der Waals surface area contributed by atoms with E-state index in [2.05, 4.69) is 52.2 Å². The molecule has 3 heterocycles. The predicted octanol–water partition coefficient (Wildman–Crippen LogP) is 3.07. The third-order valence-electron chi connectivity index (χ3n) is 6.79. The van der Waals surface area contributed by atoms with Crippen LogP contribution in [0.15, 0.2) is 23.0 Å². The van der Waals surface area contributed by atoms with Crippen LogP contribution in [-0.4, -0.2) is 61.9 Å². The number of fused-ring (bicyclic) bond motifs is 1. The molecular formula is C26H36N6O4. The van der Waals surface area contributed by atoms with E-state index in [9.17, 15) is 9.59 Å². The first kappa shape index (κ1) is 26.0. The molecule has 4 rings (SSSR count). The van der Waals surface area contributed by atoms with Gasteiger partial charge in [-0.2, -0.15) is 0 Å². The number of hydrogen-bond acceptors (Lipinski definition) is 8. The van der Waals surface area contributed by atoms with Crippen molar-refractivity contribution in [2.24, 2.45) is 5.92 Å². The van der Waals surface area contributed by atoms with Gasteiger partial charge in [0.2, 0.25) is 0 Å². The molecule has 2 aromatic heterocycles. The summed E-state index contributed by atoms with van der Waals surface area (Å²) in [5, 5.41) is 13.3. The summed E-state index contributed by atoms with van der Waals surface area (Å²) in [7, 11) is 0. The predicted molar refractivity (Wildman–Crippen MR) is 135 cm³/mol. The largest absolute Gasteiger partial charge is 0.465 e. The lowest BCUT2D eigenvalue weighted by molar-refractivity contribution is -0.144. The molecule has 1 aromatic carbocycles. The second-order valence-electron chi connectivity index (χ2n) is 9.86. The lowest BCUT2D eigenvalue weighted by Gasteiger charge is -2.35. The molecule has 0 amide bonds. The van der Waals surface area contributed by atoms with Gasteiger partial charge in [0, 0.05) is 30.6 Å². The molecule has 10 heteroatoms. The number of aromatic amines is 1. The maximum absolute atomic E-state index is 13.2. The molecule has 10 nitrogen and oxygen atoms in total. The summed E-state index contributed by atoms with van der Waals surface area (Å²) in [6.07, 6.45) is 2.03. The molecule has 3 aromatic rings. The third-order valence-corrected chi connectivity index (χ3v) is 6.79. The van der Waals surface area contributed by atoms with E-state index in [1.807, 2.05) is 19.1 Å². The van der Waals surface area contributed by atoms with Gasteiger partial charge in [-0.15, -0.1) is 5.10 Å². The van der Waals surface area contributed by atoms with Gasteiger partial charge in [-0.1, -0.05) is 26.0 Å². The molecule has 194 valence electrons. The van der Waals surface area contributed by atoms with Crippen LogP contribution < -0.4 is 5.56 Å². The van der Waals surface area contributed by atoms with Gasteiger partial charge in [0.25, 0.3) is 5.56 Å². The zero-order valence-corrected chi connectivity index (χ0v) is 21.8. The Kier molecular flexibility index (Phi) is 8.15. The number of carbonyl (C=O) groups is 1. The van der Waals surface area contributed by atoms with Crippen LogP contribution in [0, 0.1) is 19.8 Å². The molecule has 1 fully saturated rings. The maximum Gasteiger partial charge on any atom is 0.327 e. The van der Waals surface area contributed by atoms with Crippen LogP contribution in [0.2, 0.25) is 0 Å². The number of H-pyrrole nitrogens is 1. The zero-order chi connectivity index (χ0) is 25.8. The molecule has 0 unspecified atom stereocenters. The number of nitrogens with one attached hydrogen (secondary N) is 1. The van der Waals surface area contributed by atoms with Gasteiger partial charge in [-0.3, -0.25) is 14.5 Å². The summed E-state index contributed by atoms with van der Waals surface area (Å²) in [6, 6.07) is 5.85. The van der Waals surface area contributed by atoms with Crippen molar-refractivity contribution in [2.45, 2.75) is 72.7 Å². The molecule has 1 aliphatic rings. The first-order valence-corrected chi connectivity index (χ1v) is 12.7. The molecule has 1 saturated heterocycles. The fraction of sp³-hybridized carbons (Fsp3) is 0.577. The monoisotopic (exact) mass is 496 g/mol. The lowest BCUT2D eigenvalue weighted by atomic mass is 9.99. The Balaban J connectivity index is 1.73. The minimum atomic E-state index is -0.393. The molecule has 1 N–H and O–H groups in total. The summed E-state index contributed by atoms with van der Waals surface area (Å²) in [5.41, 5.74) is 3.57. The van der Waals surface area contributed by atoms with Crippen LogP contribution in [0.1, 0.15) is 62.2 Å². The van der Waals surface area contributed by atoms with E-state index in [0.29, 0.717) is 31.1 Å². The van der Waals surface area contributed by atoms with E-state index in [-0.39, 0.29) is 30.2 Å². The number of hydrogen-bond donors (Lipinski definition) is 1. The Labute approximate surface area is 211 Å². The van der Waals surface area contributed by atoms with E-state index >= 15 is 0 Å². The van der Waals surface area contributed by atoms with Crippen LogP contribution >= 0.6 is 0 Å². The number of benzene rings is 1. The topological polar surface area (TPSA) is 115 Å². The fourth-order valence-corrected chi connectivity index (χ4v) is 5.03. The molecule has 0 radical (unpaired) electrons. The molecule has 36 heavy (non-hydrogen) atoms. The van der Waals surface area contributed by atoms with Crippen LogP contribution in [0.3, 0.4) is 0 Å². The van der Waals surface area contributed by atoms with Gasteiger partial charge >= 0.3 is 5.97 Å². The van der Waals surface area contributed by atoms with E-state index < -0.39 is 5.97 Å². The SMILES string of the molecule is CCOC(=O)Cn1nnnc1[C@@H](C(C)C)N(Cc1cc2c(C)ccc(C)c2[nH]c1=O)C[C@H]1CCCO1. The summed E-state index contributed by atoms with van der Waals surface area (Å²) in [6.45, 7) is 12.0. The van der Waals surface area contributed by atoms with Gasteiger partial charge in [0.1, 0.15) is 6.54 Å². The second kappa shape index (κ2) is 11.3. The van der Waals surface area contributed by atoms with Crippen molar-refractivity contribution in [3.05, 3.63) is 51.1 Å². The number of carbonyl (C=O) groups excluding carboxylic acids is 1. The number of nitrogens with zero attached hydrogens (tertiary/aromatic N) is 5. The number of pyridine rings is 1. The van der Waals surface area contributed by atoms with Gasteiger partial charge in [-0.05, 0) is 67.2 Å². The zero-order valence-electron chi connectivity index (χ0n) is 21.8. The van der Waals surface area contributed by atoms with Crippen LogP contribution in [0.5, 0.6) is 0 Å². The first-order valence-electron chi connectivity index (χ1n) is 12.7. The number of ether oxygens (including phenoxy) is 2. The van der Waals surface area contributed by atoms with E-state index in [1.165, 1.54) is 4.68 Å². The van der Waals surface area contributed by atoms with Gasteiger partial charge in [0.15, 0.2) is 5.82 Å². The number of esters is 1. The summed E-state index contributed by atoms with van der Waals surface area (Å²) in [4.78, 5) is 30.7. The Morgan fingerprint density at radius 3 is 2.78 bits per heavy atom. The van der Waals surface area contributed by atoms with Crippen molar-refractivity contribution in [2.75, 3.05) is 19.8 Å². The molecule has 0 spiro atoms. The second-order valence-corrected chi connectivity index (χ2v) is 9.86. The number of aryl methyl sites for hydroxylation is 2. The normalized spacial score (nSPS) is 16.8. The van der Waals surface area contributed by atoms with Crippen molar-refractivity contribution in [3.63, 3.8) is 0 Å². The molecule has 0 bridgehead atoms. The van der Waals surface area contributed by atoms with E-state index in [1.54, 1.807) is 6.92 Å². The van der Waals surface area contributed by atoms with Gasteiger partial charge < -0.3 is 14.5 Å². The number of aromatic nitrogens is 5. The van der Waals surface area contributed by atoms with Crippen molar-refractivity contribution >= 4 is 16.9 Å². The average Bonchev–Trinajstić information content (AvgIpc) is 3.50. The highest BCUT2D eigenvalue weighted by atomic mass is 16.5. The minimum absolute atomic E-state index is 0.0594. The smallest absolute Gasteiger partial charge is 0.327 e. The Morgan fingerprint density at radius 2 is 2.08 bits per heavy atom. The van der Waals surface area contributed by atoms with Crippen molar-refractivity contribution < 1.29 is 14.3 Å². The highest BCUT2D eigenvalue weighted by Crippen LogP contribution is 2.30. The third kappa shape index (κ3) is 5.65. The molecular weight excluding hydrogens is 460 g/mol. The Bertz CT molecular complexity index is 1260. The Morgan fingerprint density at radius 1 is 1.31 bits per heavy atom. The van der Waals surface area contributed by atoms with Crippen molar-refractivity contribution in [1.29, 1.82) is 0 Å². The molecule has 2 atom stereocenters. The van der Waals surface area contributed by atoms with Crippen molar-refractivity contribution in [1.82, 2.24) is 30.1 Å². The van der Waals surface area contributed by atoms with E-state index in [4.69, 9.17) is 9.47 Å².